The maximum absolute atomic E-state index is 4.74. The molecule has 20 heavy (non-hydrogen) atoms. The number of nitrogens with zero attached hydrogens (tertiary/aromatic N) is 3. The van der Waals surface area contributed by atoms with Gasteiger partial charge >= 0.3 is 0 Å². The van der Waals surface area contributed by atoms with Crippen molar-refractivity contribution < 1.29 is 0 Å². The van der Waals surface area contributed by atoms with Crippen LogP contribution in [0.5, 0.6) is 0 Å². The van der Waals surface area contributed by atoms with Crippen molar-refractivity contribution in [2.75, 3.05) is 23.3 Å². The molecule has 1 aliphatic rings. The van der Waals surface area contributed by atoms with Crippen molar-refractivity contribution in [3.8, 4) is 0 Å². The summed E-state index contributed by atoms with van der Waals surface area (Å²) in [4.78, 5) is 11.7. The largest absolute Gasteiger partial charge is 0.356 e. The number of aryl methyl sites for hydroxylation is 1. The van der Waals surface area contributed by atoms with E-state index >= 15 is 0 Å². The van der Waals surface area contributed by atoms with Crippen LogP contribution in [0.4, 0.5) is 11.8 Å². The minimum atomic E-state index is 0.565. The Bertz CT molecular complexity index is 407. The van der Waals surface area contributed by atoms with Crippen LogP contribution in [0, 0.1) is 6.92 Å². The van der Waals surface area contributed by atoms with Gasteiger partial charge in [0.25, 0.3) is 0 Å². The van der Waals surface area contributed by atoms with E-state index in [0.717, 1.165) is 43.4 Å². The van der Waals surface area contributed by atoms with E-state index < -0.39 is 0 Å². The normalized spacial score (nSPS) is 15.6. The highest BCUT2D eigenvalue weighted by atomic mass is 15.2. The summed E-state index contributed by atoms with van der Waals surface area (Å²) in [5, 5.41) is 3.51. The van der Waals surface area contributed by atoms with E-state index in [0.29, 0.717) is 6.04 Å². The molecule has 1 N–H and O–H groups in total. The first-order chi connectivity index (χ1) is 9.72. The molecule has 1 aliphatic carbocycles. The van der Waals surface area contributed by atoms with Crippen molar-refractivity contribution in [2.45, 2.75) is 65.3 Å². The number of rotatable bonds is 7. The molecule has 2 rings (SSSR count). The zero-order chi connectivity index (χ0) is 14.4. The standard InChI is InChI=1S/C16H28N4/c1-4-10-20(11-5-2)15-12-13(3)17-16(19-15)18-14-8-6-7-9-14/h12,14H,4-11H2,1-3H3,(H,17,18,19). The van der Waals surface area contributed by atoms with Crippen LogP contribution < -0.4 is 10.2 Å². The third-order valence-electron chi connectivity index (χ3n) is 3.84. The molecule has 1 fully saturated rings. The molecule has 1 aromatic rings. The Hall–Kier alpha value is -1.32. The number of aromatic nitrogens is 2. The molecule has 0 bridgehead atoms. The summed E-state index contributed by atoms with van der Waals surface area (Å²) in [6, 6.07) is 2.67. The molecular formula is C16H28N4. The zero-order valence-electron chi connectivity index (χ0n) is 13.2. The maximum Gasteiger partial charge on any atom is 0.225 e. The van der Waals surface area contributed by atoms with Gasteiger partial charge in [0.2, 0.25) is 5.95 Å². The molecule has 0 amide bonds. The second kappa shape index (κ2) is 7.46. The van der Waals surface area contributed by atoms with Gasteiger partial charge in [0.05, 0.1) is 0 Å². The van der Waals surface area contributed by atoms with Gasteiger partial charge in [0.15, 0.2) is 0 Å². The van der Waals surface area contributed by atoms with Gasteiger partial charge in [-0.2, -0.15) is 4.98 Å². The van der Waals surface area contributed by atoms with Crippen molar-refractivity contribution >= 4 is 11.8 Å². The van der Waals surface area contributed by atoms with E-state index in [-0.39, 0.29) is 0 Å². The van der Waals surface area contributed by atoms with Crippen LogP contribution in [0.25, 0.3) is 0 Å². The molecule has 0 unspecified atom stereocenters. The molecule has 0 aliphatic heterocycles. The Labute approximate surface area is 123 Å². The van der Waals surface area contributed by atoms with Crippen molar-refractivity contribution in [1.29, 1.82) is 0 Å². The van der Waals surface area contributed by atoms with Crippen LogP contribution in [0.3, 0.4) is 0 Å². The summed E-state index contributed by atoms with van der Waals surface area (Å²) in [7, 11) is 0. The quantitative estimate of drug-likeness (QED) is 0.823. The summed E-state index contributed by atoms with van der Waals surface area (Å²) in [5.74, 6) is 1.88. The topological polar surface area (TPSA) is 41.1 Å². The molecule has 4 heteroatoms. The summed E-state index contributed by atoms with van der Waals surface area (Å²) < 4.78 is 0. The molecule has 0 aromatic carbocycles. The highest BCUT2D eigenvalue weighted by Crippen LogP contribution is 2.22. The smallest absolute Gasteiger partial charge is 0.225 e. The van der Waals surface area contributed by atoms with Crippen molar-refractivity contribution in [2.24, 2.45) is 0 Å². The minimum Gasteiger partial charge on any atom is -0.356 e. The van der Waals surface area contributed by atoms with E-state index in [1.807, 2.05) is 0 Å². The molecule has 0 spiro atoms. The Morgan fingerprint density at radius 1 is 1.15 bits per heavy atom. The third kappa shape index (κ3) is 4.09. The van der Waals surface area contributed by atoms with Crippen LogP contribution in [0.1, 0.15) is 58.1 Å². The third-order valence-corrected chi connectivity index (χ3v) is 3.84. The Morgan fingerprint density at radius 2 is 1.80 bits per heavy atom. The van der Waals surface area contributed by atoms with Crippen LogP contribution in [0.15, 0.2) is 6.07 Å². The number of hydrogen-bond donors (Lipinski definition) is 1. The summed E-state index contributed by atoms with van der Waals surface area (Å²) in [5.41, 5.74) is 1.05. The fourth-order valence-electron chi connectivity index (χ4n) is 2.91. The summed E-state index contributed by atoms with van der Waals surface area (Å²) >= 11 is 0. The van der Waals surface area contributed by atoms with E-state index in [1.54, 1.807) is 0 Å². The predicted molar refractivity (Wildman–Crippen MR) is 85.4 cm³/mol. The van der Waals surface area contributed by atoms with Gasteiger partial charge in [-0.25, -0.2) is 4.98 Å². The van der Waals surface area contributed by atoms with Crippen LogP contribution in [0.2, 0.25) is 0 Å². The summed E-state index contributed by atoms with van der Waals surface area (Å²) in [6.45, 7) is 8.62. The van der Waals surface area contributed by atoms with Gasteiger partial charge in [-0.15, -0.1) is 0 Å². The van der Waals surface area contributed by atoms with Gasteiger partial charge < -0.3 is 10.2 Å². The monoisotopic (exact) mass is 276 g/mol. The van der Waals surface area contributed by atoms with E-state index in [9.17, 15) is 0 Å². The minimum absolute atomic E-state index is 0.565. The second-order valence-corrected chi connectivity index (χ2v) is 5.80. The average Bonchev–Trinajstić information content (AvgIpc) is 2.90. The first-order valence-corrected chi connectivity index (χ1v) is 8.10. The Balaban J connectivity index is 2.13. The van der Waals surface area contributed by atoms with Crippen LogP contribution in [-0.4, -0.2) is 29.1 Å². The van der Waals surface area contributed by atoms with Gasteiger partial charge in [0.1, 0.15) is 5.82 Å². The SMILES string of the molecule is CCCN(CCC)c1cc(C)nc(NC2CCCC2)n1. The molecule has 1 heterocycles. The first kappa shape index (κ1) is 15.1. The lowest BCUT2D eigenvalue weighted by Crippen LogP contribution is -2.27. The van der Waals surface area contributed by atoms with Crippen molar-refractivity contribution in [3.63, 3.8) is 0 Å². The second-order valence-electron chi connectivity index (χ2n) is 5.80. The molecule has 4 nitrogen and oxygen atoms in total. The molecule has 1 saturated carbocycles. The fourth-order valence-corrected chi connectivity index (χ4v) is 2.91. The summed E-state index contributed by atoms with van der Waals surface area (Å²) in [6.07, 6.45) is 7.45. The molecule has 1 aromatic heterocycles. The Morgan fingerprint density at radius 3 is 2.40 bits per heavy atom. The lowest BCUT2D eigenvalue weighted by Gasteiger charge is -2.23. The lowest BCUT2D eigenvalue weighted by molar-refractivity contribution is 0.721. The molecule has 0 radical (unpaired) electrons. The average molecular weight is 276 g/mol. The molecule has 0 atom stereocenters. The first-order valence-electron chi connectivity index (χ1n) is 8.10. The van der Waals surface area contributed by atoms with Gasteiger partial charge in [-0.3, -0.25) is 0 Å². The highest BCUT2D eigenvalue weighted by Gasteiger charge is 2.17. The van der Waals surface area contributed by atoms with E-state index in [1.165, 1.54) is 25.7 Å². The number of anilines is 2. The Kier molecular flexibility index (Phi) is 5.62. The molecule has 0 saturated heterocycles. The van der Waals surface area contributed by atoms with Crippen LogP contribution >= 0.6 is 0 Å². The highest BCUT2D eigenvalue weighted by molar-refractivity contribution is 5.45. The van der Waals surface area contributed by atoms with E-state index in [2.05, 4.69) is 42.0 Å². The maximum atomic E-state index is 4.74. The molecular weight excluding hydrogens is 248 g/mol. The van der Waals surface area contributed by atoms with E-state index in [4.69, 9.17) is 4.98 Å². The fraction of sp³-hybridized carbons (Fsp3) is 0.750. The lowest BCUT2D eigenvalue weighted by atomic mass is 10.2. The number of nitrogens with one attached hydrogen (secondary N) is 1. The predicted octanol–water partition coefficient (Wildman–Crippen LogP) is 3.77. The molecule has 112 valence electrons. The zero-order valence-corrected chi connectivity index (χ0v) is 13.2. The van der Waals surface area contributed by atoms with Gasteiger partial charge in [0, 0.05) is 30.9 Å². The van der Waals surface area contributed by atoms with Crippen molar-refractivity contribution in [3.05, 3.63) is 11.8 Å². The number of hydrogen-bond acceptors (Lipinski definition) is 4. The van der Waals surface area contributed by atoms with Gasteiger partial charge in [-0.05, 0) is 32.6 Å². The van der Waals surface area contributed by atoms with Crippen LogP contribution in [-0.2, 0) is 0 Å². The van der Waals surface area contributed by atoms with Crippen molar-refractivity contribution in [1.82, 2.24) is 9.97 Å². The van der Waals surface area contributed by atoms with Gasteiger partial charge in [-0.1, -0.05) is 26.7 Å².